The number of benzene rings is 5. The Labute approximate surface area is 201 Å². The van der Waals surface area contributed by atoms with Crippen molar-refractivity contribution >= 4 is 5.69 Å². The SMILES string of the molecule is CN(C)c1cccc(-c2ccc3c(c2)C2(c4ccccc4-c4ccccc42)c2ccccc2-3)c1. The molecule has 1 heteroatoms. The van der Waals surface area contributed by atoms with Crippen LogP contribution in [0.25, 0.3) is 33.4 Å². The van der Waals surface area contributed by atoms with Gasteiger partial charge in [-0.2, -0.15) is 0 Å². The first-order valence-electron chi connectivity index (χ1n) is 11.9. The van der Waals surface area contributed by atoms with Gasteiger partial charge in [0.05, 0.1) is 5.41 Å². The monoisotopic (exact) mass is 435 g/mol. The Balaban J connectivity index is 1.57. The van der Waals surface area contributed by atoms with Gasteiger partial charge in [-0.25, -0.2) is 0 Å². The molecule has 0 amide bonds. The fraction of sp³-hybridized carbons (Fsp3) is 0.0909. The minimum Gasteiger partial charge on any atom is -0.378 e. The highest BCUT2D eigenvalue weighted by Crippen LogP contribution is 2.62. The summed E-state index contributed by atoms with van der Waals surface area (Å²) in [7, 11) is 4.19. The van der Waals surface area contributed by atoms with E-state index >= 15 is 0 Å². The fourth-order valence-electron chi connectivity index (χ4n) is 6.24. The molecule has 0 saturated heterocycles. The zero-order valence-electron chi connectivity index (χ0n) is 19.4. The molecule has 7 rings (SSSR count). The topological polar surface area (TPSA) is 3.24 Å². The van der Waals surface area contributed by atoms with Gasteiger partial charge in [0.1, 0.15) is 0 Å². The first kappa shape index (κ1) is 19.4. The van der Waals surface area contributed by atoms with Crippen molar-refractivity contribution in [3.63, 3.8) is 0 Å². The van der Waals surface area contributed by atoms with Gasteiger partial charge in [0.25, 0.3) is 0 Å². The molecule has 0 aromatic heterocycles. The number of fused-ring (bicyclic) bond motifs is 10. The molecule has 162 valence electrons. The smallest absolute Gasteiger partial charge is 0.0725 e. The average Bonchev–Trinajstić information content (AvgIpc) is 3.36. The van der Waals surface area contributed by atoms with Gasteiger partial charge in [0.15, 0.2) is 0 Å². The van der Waals surface area contributed by atoms with Crippen molar-refractivity contribution in [3.8, 4) is 33.4 Å². The second-order valence-electron chi connectivity index (χ2n) is 9.59. The minimum absolute atomic E-state index is 0.283. The van der Waals surface area contributed by atoms with Crippen molar-refractivity contribution in [2.45, 2.75) is 5.41 Å². The Morgan fingerprint density at radius 1 is 0.441 bits per heavy atom. The first-order valence-corrected chi connectivity index (χ1v) is 11.9. The van der Waals surface area contributed by atoms with E-state index in [1.807, 2.05) is 0 Å². The van der Waals surface area contributed by atoms with Crippen LogP contribution in [-0.4, -0.2) is 14.1 Å². The van der Waals surface area contributed by atoms with E-state index in [1.165, 1.54) is 61.3 Å². The molecule has 5 aromatic carbocycles. The van der Waals surface area contributed by atoms with Gasteiger partial charge in [-0.05, 0) is 73.8 Å². The lowest BCUT2D eigenvalue weighted by Gasteiger charge is -2.30. The zero-order chi connectivity index (χ0) is 22.9. The van der Waals surface area contributed by atoms with E-state index in [0.29, 0.717) is 0 Å². The standard InChI is InChI=1S/C33H25N/c1-34(2)24-11-9-10-22(20-24)23-18-19-28-27-14-5-8-17-31(27)33(32(28)21-23)29-15-6-3-12-25(29)26-13-4-7-16-30(26)33/h3-21H,1-2H3. The summed E-state index contributed by atoms with van der Waals surface area (Å²) < 4.78 is 0. The lowest BCUT2D eigenvalue weighted by atomic mass is 9.70. The zero-order valence-corrected chi connectivity index (χ0v) is 19.4. The second-order valence-corrected chi connectivity index (χ2v) is 9.59. The summed E-state index contributed by atoms with van der Waals surface area (Å²) >= 11 is 0. The fourth-order valence-corrected chi connectivity index (χ4v) is 6.24. The summed E-state index contributed by atoms with van der Waals surface area (Å²) in [5.74, 6) is 0. The second kappa shape index (κ2) is 6.95. The molecule has 0 bridgehead atoms. The third-order valence-electron chi connectivity index (χ3n) is 7.69. The summed E-state index contributed by atoms with van der Waals surface area (Å²) in [5, 5.41) is 0. The molecule has 2 aliphatic rings. The van der Waals surface area contributed by atoms with Crippen LogP contribution in [0.4, 0.5) is 5.69 Å². The molecule has 34 heavy (non-hydrogen) atoms. The van der Waals surface area contributed by atoms with Gasteiger partial charge in [-0.1, -0.05) is 97.1 Å². The molecule has 0 saturated carbocycles. The molecule has 0 fully saturated rings. The molecular formula is C33H25N. The summed E-state index contributed by atoms with van der Waals surface area (Å²) in [6.45, 7) is 0. The predicted octanol–water partition coefficient (Wildman–Crippen LogP) is 7.76. The summed E-state index contributed by atoms with van der Waals surface area (Å²) in [6.07, 6.45) is 0. The maximum absolute atomic E-state index is 2.45. The summed E-state index contributed by atoms with van der Waals surface area (Å²) in [6, 6.07) is 42.8. The molecule has 0 atom stereocenters. The van der Waals surface area contributed by atoms with Crippen molar-refractivity contribution in [2.24, 2.45) is 0 Å². The van der Waals surface area contributed by atoms with Crippen LogP contribution in [0.3, 0.4) is 0 Å². The van der Waals surface area contributed by atoms with E-state index in [4.69, 9.17) is 0 Å². The molecular weight excluding hydrogens is 410 g/mol. The van der Waals surface area contributed by atoms with Crippen LogP contribution < -0.4 is 4.90 Å². The van der Waals surface area contributed by atoms with Crippen LogP contribution in [0.5, 0.6) is 0 Å². The highest BCUT2D eigenvalue weighted by atomic mass is 15.1. The predicted molar refractivity (Wildman–Crippen MR) is 143 cm³/mol. The first-order chi connectivity index (χ1) is 16.7. The number of hydrogen-bond acceptors (Lipinski definition) is 1. The Kier molecular flexibility index (Phi) is 3.96. The quantitative estimate of drug-likeness (QED) is 0.268. The maximum atomic E-state index is 2.45. The van der Waals surface area contributed by atoms with Gasteiger partial charge >= 0.3 is 0 Å². The van der Waals surface area contributed by atoms with Crippen LogP contribution >= 0.6 is 0 Å². The van der Waals surface area contributed by atoms with Crippen molar-refractivity contribution in [1.82, 2.24) is 0 Å². The van der Waals surface area contributed by atoms with E-state index in [1.54, 1.807) is 0 Å². The van der Waals surface area contributed by atoms with Crippen molar-refractivity contribution in [2.75, 3.05) is 19.0 Å². The van der Waals surface area contributed by atoms with Gasteiger partial charge < -0.3 is 4.90 Å². The molecule has 0 heterocycles. The van der Waals surface area contributed by atoms with Crippen LogP contribution in [0.15, 0.2) is 115 Å². The third kappa shape index (κ3) is 2.39. The molecule has 2 aliphatic carbocycles. The average molecular weight is 436 g/mol. The molecule has 0 aliphatic heterocycles. The lowest BCUT2D eigenvalue weighted by Crippen LogP contribution is -2.25. The number of nitrogens with zero attached hydrogens (tertiary/aromatic N) is 1. The van der Waals surface area contributed by atoms with E-state index < -0.39 is 0 Å². The Morgan fingerprint density at radius 3 is 1.50 bits per heavy atom. The molecule has 1 spiro atoms. The minimum atomic E-state index is -0.283. The maximum Gasteiger partial charge on any atom is 0.0725 e. The van der Waals surface area contributed by atoms with E-state index in [9.17, 15) is 0 Å². The highest BCUT2D eigenvalue weighted by Gasteiger charge is 2.51. The largest absolute Gasteiger partial charge is 0.378 e. The molecule has 0 N–H and O–H groups in total. The Hall–Kier alpha value is -4.10. The van der Waals surface area contributed by atoms with Crippen molar-refractivity contribution in [1.29, 1.82) is 0 Å². The number of anilines is 1. The van der Waals surface area contributed by atoms with Gasteiger partial charge in [0.2, 0.25) is 0 Å². The molecule has 0 radical (unpaired) electrons. The van der Waals surface area contributed by atoms with Crippen molar-refractivity contribution < 1.29 is 0 Å². The van der Waals surface area contributed by atoms with Gasteiger partial charge in [-0.3, -0.25) is 0 Å². The highest BCUT2D eigenvalue weighted by molar-refractivity contribution is 5.95. The molecule has 5 aromatic rings. The number of rotatable bonds is 2. The number of hydrogen-bond donors (Lipinski definition) is 0. The van der Waals surface area contributed by atoms with Crippen LogP contribution in [0.1, 0.15) is 22.3 Å². The molecule has 0 unspecified atom stereocenters. The van der Waals surface area contributed by atoms with Crippen LogP contribution in [0, 0.1) is 0 Å². The Bertz CT molecular complexity index is 1530. The lowest BCUT2D eigenvalue weighted by molar-refractivity contribution is 0.794. The third-order valence-corrected chi connectivity index (χ3v) is 7.69. The van der Waals surface area contributed by atoms with E-state index in [-0.39, 0.29) is 5.41 Å². The van der Waals surface area contributed by atoms with Gasteiger partial charge in [-0.15, -0.1) is 0 Å². The normalized spacial score (nSPS) is 13.8. The van der Waals surface area contributed by atoms with Crippen LogP contribution in [0.2, 0.25) is 0 Å². The van der Waals surface area contributed by atoms with E-state index in [2.05, 4.69) is 134 Å². The summed E-state index contributed by atoms with van der Waals surface area (Å²) in [5.41, 5.74) is 14.4. The van der Waals surface area contributed by atoms with Crippen LogP contribution in [-0.2, 0) is 5.41 Å². The van der Waals surface area contributed by atoms with Crippen molar-refractivity contribution in [3.05, 3.63) is 138 Å². The van der Waals surface area contributed by atoms with E-state index in [0.717, 1.165) is 0 Å². The van der Waals surface area contributed by atoms with Gasteiger partial charge in [0, 0.05) is 19.8 Å². The molecule has 1 nitrogen and oxygen atoms in total. The summed E-state index contributed by atoms with van der Waals surface area (Å²) in [4.78, 5) is 2.16. The Morgan fingerprint density at radius 2 is 0.941 bits per heavy atom.